The van der Waals surface area contributed by atoms with Crippen LogP contribution in [-0.2, 0) is 16.6 Å². The van der Waals surface area contributed by atoms with Crippen molar-refractivity contribution in [1.29, 1.82) is 0 Å². The van der Waals surface area contributed by atoms with Gasteiger partial charge in [-0.1, -0.05) is 56.3 Å². The second-order valence-electron chi connectivity index (χ2n) is 9.79. The van der Waals surface area contributed by atoms with Gasteiger partial charge in [-0.3, -0.25) is 4.79 Å². The highest BCUT2D eigenvalue weighted by molar-refractivity contribution is 7.98. The summed E-state index contributed by atoms with van der Waals surface area (Å²) >= 11 is 1.42. The van der Waals surface area contributed by atoms with E-state index >= 15 is 0 Å². The van der Waals surface area contributed by atoms with Crippen LogP contribution in [-0.4, -0.2) is 50.6 Å². The van der Waals surface area contributed by atoms with E-state index in [-0.39, 0.29) is 12.2 Å². The number of nitrogens with zero attached hydrogens (tertiary/aromatic N) is 5. The Balaban J connectivity index is 2.21. The average molecular weight is 556 g/mol. The predicted molar refractivity (Wildman–Crippen MR) is 159 cm³/mol. The van der Waals surface area contributed by atoms with Crippen LogP contribution in [0.4, 0.5) is 0 Å². The van der Waals surface area contributed by atoms with Crippen molar-refractivity contribution in [3.63, 3.8) is 0 Å². The molecule has 1 N–H and O–H groups in total. The number of aliphatic hydroxyl groups excluding tert-OH is 1. The van der Waals surface area contributed by atoms with Gasteiger partial charge in [0.05, 0.1) is 24.4 Å². The summed E-state index contributed by atoms with van der Waals surface area (Å²) in [6.45, 7) is 14.9. The molecule has 38 heavy (non-hydrogen) atoms. The van der Waals surface area contributed by atoms with Crippen molar-refractivity contribution in [2.75, 3.05) is 12.9 Å². The van der Waals surface area contributed by atoms with Gasteiger partial charge in [-0.2, -0.15) is 0 Å². The van der Waals surface area contributed by atoms with E-state index in [0.717, 1.165) is 42.2 Å². The van der Waals surface area contributed by atoms with E-state index in [1.54, 1.807) is 21.6 Å². The second-order valence-corrected chi connectivity index (χ2v) is 15.3. The highest BCUT2D eigenvalue weighted by atomic mass is 32.2. The fraction of sp³-hybridized carbons (Fsp3) is 0.500. The summed E-state index contributed by atoms with van der Waals surface area (Å²) in [4.78, 5) is 27.4. The van der Waals surface area contributed by atoms with Crippen LogP contribution in [0.15, 0.2) is 58.7 Å². The second kappa shape index (κ2) is 13.0. The lowest BCUT2D eigenvalue weighted by molar-refractivity contribution is 0.0598. The SMILES string of the molecule is C=CCn1c(=O)c2cnc(SC)nc2n1-c1cccc(C(C)(CC/C=C(/C)CO)O[Si](CC)(CC)CC)n1. The van der Waals surface area contributed by atoms with Crippen LogP contribution in [0.3, 0.4) is 0 Å². The maximum atomic E-state index is 13.3. The number of aromatic nitrogens is 5. The molecule has 0 saturated carbocycles. The predicted octanol–water partition coefficient (Wildman–Crippen LogP) is 5.84. The Kier molecular flexibility index (Phi) is 10.3. The standard InChI is InChI=1S/C28H41N5O3SSi/c1-8-18-32-26(35)22-19-29-27(37-7)31-25(22)33(32)24-16-12-15-23(30-24)28(6,17-13-14-21(5)20-34)36-38(9-2,10-3)11-4/h8,12,14-16,19,34H,1,9-11,13,17-18,20H2,2-7H3/b21-14-. The van der Waals surface area contributed by atoms with Crippen LogP contribution < -0.4 is 5.56 Å². The van der Waals surface area contributed by atoms with Crippen molar-refractivity contribution in [1.82, 2.24) is 24.3 Å². The minimum Gasteiger partial charge on any atom is -0.406 e. The lowest BCUT2D eigenvalue weighted by Gasteiger charge is -2.40. The molecule has 0 aliphatic carbocycles. The van der Waals surface area contributed by atoms with Gasteiger partial charge in [-0.15, -0.1) is 6.58 Å². The van der Waals surface area contributed by atoms with E-state index in [9.17, 15) is 9.90 Å². The van der Waals surface area contributed by atoms with Gasteiger partial charge >= 0.3 is 0 Å². The third kappa shape index (κ3) is 6.19. The van der Waals surface area contributed by atoms with Crippen molar-refractivity contribution in [3.8, 4) is 5.82 Å². The molecular formula is C28H41N5O3SSi. The number of aliphatic hydroxyl groups is 1. The molecule has 0 radical (unpaired) electrons. The first-order valence-electron chi connectivity index (χ1n) is 13.3. The number of pyridine rings is 1. The number of thioether (sulfide) groups is 1. The van der Waals surface area contributed by atoms with Crippen LogP contribution in [0.25, 0.3) is 16.9 Å². The Bertz CT molecular complexity index is 1340. The first kappa shape index (κ1) is 30.0. The summed E-state index contributed by atoms with van der Waals surface area (Å²) in [5, 5.41) is 10.5. The number of hydrogen-bond donors (Lipinski definition) is 1. The molecule has 0 aliphatic rings. The van der Waals surface area contributed by atoms with E-state index in [4.69, 9.17) is 9.41 Å². The third-order valence-corrected chi connectivity index (χ3v) is 12.7. The van der Waals surface area contributed by atoms with Gasteiger partial charge < -0.3 is 9.53 Å². The van der Waals surface area contributed by atoms with Crippen molar-refractivity contribution in [2.24, 2.45) is 0 Å². The van der Waals surface area contributed by atoms with Gasteiger partial charge in [0.15, 0.2) is 24.9 Å². The van der Waals surface area contributed by atoms with E-state index in [2.05, 4.69) is 50.3 Å². The molecule has 206 valence electrons. The Morgan fingerprint density at radius 2 is 1.95 bits per heavy atom. The van der Waals surface area contributed by atoms with Crippen LogP contribution in [0, 0.1) is 0 Å². The molecule has 3 heterocycles. The highest BCUT2D eigenvalue weighted by Crippen LogP contribution is 2.37. The zero-order chi connectivity index (χ0) is 27.9. The lowest BCUT2D eigenvalue weighted by atomic mass is 9.95. The van der Waals surface area contributed by atoms with Gasteiger partial charge in [-0.25, -0.2) is 24.3 Å². The van der Waals surface area contributed by atoms with Gasteiger partial charge in [0.2, 0.25) is 0 Å². The first-order valence-corrected chi connectivity index (χ1v) is 17.0. The molecule has 0 fully saturated rings. The molecule has 0 aromatic carbocycles. The number of allylic oxidation sites excluding steroid dienone is 2. The third-order valence-electron chi connectivity index (χ3n) is 7.37. The van der Waals surface area contributed by atoms with Crippen LogP contribution in [0.2, 0.25) is 18.1 Å². The van der Waals surface area contributed by atoms with Crippen molar-refractivity contribution >= 4 is 31.1 Å². The molecule has 3 aromatic heterocycles. The number of fused-ring (bicyclic) bond motifs is 1. The molecule has 8 nitrogen and oxygen atoms in total. The molecule has 0 bridgehead atoms. The summed E-state index contributed by atoms with van der Waals surface area (Å²) in [6, 6.07) is 8.94. The van der Waals surface area contributed by atoms with E-state index in [1.165, 1.54) is 11.8 Å². The smallest absolute Gasteiger partial charge is 0.278 e. The maximum Gasteiger partial charge on any atom is 0.278 e. The minimum absolute atomic E-state index is 0.0459. The quantitative estimate of drug-likeness (QED) is 0.116. The zero-order valence-corrected chi connectivity index (χ0v) is 25.3. The molecule has 3 rings (SSSR count). The summed E-state index contributed by atoms with van der Waals surface area (Å²) in [6.07, 6.45) is 8.74. The Morgan fingerprint density at radius 1 is 1.24 bits per heavy atom. The molecule has 10 heteroatoms. The summed E-state index contributed by atoms with van der Waals surface area (Å²) in [5.74, 6) is 0.593. The number of rotatable bonds is 14. The summed E-state index contributed by atoms with van der Waals surface area (Å²) in [5.41, 5.74) is 1.45. The molecule has 1 unspecified atom stereocenters. The van der Waals surface area contributed by atoms with E-state index < -0.39 is 13.9 Å². The van der Waals surface area contributed by atoms with Crippen molar-refractivity contribution in [3.05, 3.63) is 64.7 Å². The Labute approximate surface area is 231 Å². The van der Waals surface area contributed by atoms with Gasteiger partial charge in [0, 0.05) is 6.20 Å². The summed E-state index contributed by atoms with van der Waals surface area (Å²) in [7, 11) is -2.00. The molecule has 0 aliphatic heterocycles. The Morgan fingerprint density at radius 3 is 2.55 bits per heavy atom. The normalized spacial score (nSPS) is 14.1. The maximum absolute atomic E-state index is 13.3. The van der Waals surface area contributed by atoms with E-state index in [0.29, 0.717) is 28.6 Å². The fourth-order valence-electron chi connectivity index (χ4n) is 4.80. The van der Waals surface area contributed by atoms with Crippen LogP contribution >= 0.6 is 11.8 Å². The highest BCUT2D eigenvalue weighted by Gasteiger charge is 2.40. The molecule has 0 amide bonds. The molecule has 0 saturated heterocycles. The van der Waals surface area contributed by atoms with Gasteiger partial charge in [0.25, 0.3) is 5.56 Å². The molecule has 3 aromatic rings. The molecular weight excluding hydrogens is 514 g/mol. The number of hydrogen-bond acceptors (Lipinski definition) is 7. The molecule has 1 atom stereocenters. The monoisotopic (exact) mass is 555 g/mol. The van der Waals surface area contributed by atoms with Crippen molar-refractivity contribution < 1.29 is 9.53 Å². The summed E-state index contributed by atoms with van der Waals surface area (Å²) < 4.78 is 10.5. The minimum atomic E-state index is -2.00. The van der Waals surface area contributed by atoms with Crippen LogP contribution in [0.1, 0.15) is 53.2 Å². The average Bonchev–Trinajstić information content (AvgIpc) is 3.22. The van der Waals surface area contributed by atoms with E-state index in [1.807, 2.05) is 31.4 Å². The zero-order valence-electron chi connectivity index (χ0n) is 23.5. The Hall–Kier alpha value is -2.53. The first-order chi connectivity index (χ1) is 18.2. The van der Waals surface area contributed by atoms with Crippen molar-refractivity contribution in [2.45, 2.75) is 82.9 Å². The fourth-order valence-corrected chi connectivity index (χ4v) is 8.23. The largest absolute Gasteiger partial charge is 0.406 e. The van der Waals surface area contributed by atoms with Crippen LogP contribution in [0.5, 0.6) is 0 Å². The van der Waals surface area contributed by atoms with Gasteiger partial charge in [-0.05, 0) is 63.2 Å². The molecule has 0 spiro atoms. The topological polar surface area (TPSA) is 95.1 Å². The lowest BCUT2D eigenvalue weighted by Crippen LogP contribution is -2.44. The van der Waals surface area contributed by atoms with Gasteiger partial charge in [0.1, 0.15) is 5.39 Å².